The Kier molecular flexibility index (Phi) is 6.97. The number of carbonyl (C=O) groups excluding carboxylic acids is 2. The average molecular weight is 412 g/mol. The molecule has 0 fully saturated rings. The van der Waals surface area contributed by atoms with Gasteiger partial charge in [-0.25, -0.2) is 9.18 Å². The standard InChI is InChI=1S/C22H22FN3O2S/c1-16-5-9-18(10-6-16)25-22(28)26(19-11-7-17(23)8-12-19)14-3-13-24-21(27)20-4-2-15-29-20/h2,4-12,15H,3,13-14H2,1H3,(H,24,27)(H,25,28). The number of aryl methyl sites for hydroxylation is 1. The van der Waals surface area contributed by atoms with Gasteiger partial charge in [-0.2, -0.15) is 0 Å². The number of thiophene rings is 1. The van der Waals surface area contributed by atoms with Gasteiger partial charge in [-0.15, -0.1) is 11.3 Å². The van der Waals surface area contributed by atoms with Gasteiger partial charge in [0.1, 0.15) is 5.82 Å². The third-order valence-electron chi connectivity index (χ3n) is 4.28. The second-order valence-corrected chi connectivity index (χ2v) is 7.46. The lowest BCUT2D eigenvalue weighted by Crippen LogP contribution is -2.37. The van der Waals surface area contributed by atoms with Crippen LogP contribution in [0.1, 0.15) is 21.7 Å². The minimum atomic E-state index is -0.365. The van der Waals surface area contributed by atoms with Crippen molar-refractivity contribution < 1.29 is 14.0 Å². The Morgan fingerprint density at radius 1 is 1.03 bits per heavy atom. The first kappa shape index (κ1) is 20.5. The Hall–Kier alpha value is -3.19. The van der Waals surface area contributed by atoms with E-state index in [0.29, 0.717) is 35.8 Å². The van der Waals surface area contributed by atoms with Gasteiger partial charge in [-0.1, -0.05) is 23.8 Å². The van der Waals surface area contributed by atoms with Gasteiger partial charge in [0.2, 0.25) is 0 Å². The SMILES string of the molecule is Cc1ccc(NC(=O)N(CCCNC(=O)c2cccs2)c2ccc(F)cc2)cc1. The van der Waals surface area contributed by atoms with E-state index in [-0.39, 0.29) is 17.8 Å². The molecule has 0 radical (unpaired) electrons. The molecular formula is C22H22FN3O2S. The topological polar surface area (TPSA) is 61.4 Å². The highest BCUT2D eigenvalue weighted by atomic mass is 32.1. The molecule has 0 spiro atoms. The zero-order valence-corrected chi connectivity index (χ0v) is 16.8. The lowest BCUT2D eigenvalue weighted by atomic mass is 10.2. The van der Waals surface area contributed by atoms with Gasteiger partial charge in [0, 0.05) is 24.5 Å². The van der Waals surface area contributed by atoms with E-state index in [0.717, 1.165) is 5.56 Å². The van der Waals surface area contributed by atoms with Gasteiger partial charge in [-0.3, -0.25) is 9.69 Å². The van der Waals surface area contributed by atoms with Crippen LogP contribution in [0.5, 0.6) is 0 Å². The summed E-state index contributed by atoms with van der Waals surface area (Å²) in [7, 11) is 0. The minimum absolute atomic E-state index is 0.127. The van der Waals surface area contributed by atoms with E-state index in [4.69, 9.17) is 0 Å². The molecule has 2 N–H and O–H groups in total. The maximum absolute atomic E-state index is 13.3. The fraction of sp³-hybridized carbons (Fsp3) is 0.182. The highest BCUT2D eigenvalue weighted by molar-refractivity contribution is 7.12. The normalized spacial score (nSPS) is 10.4. The molecule has 2 aromatic carbocycles. The van der Waals surface area contributed by atoms with Crippen molar-refractivity contribution in [3.63, 3.8) is 0 Å². The van der Waals surface area contributed by atoms with Crippen molar-refractivity contribution in [2.75, 3.05) is 23.3 Å². The number of urea groups is 1. The molecule has 0 saturated heterocycles. The number of carbonyl (C=O) groups is 2. The lowest BCUT2D eigenvalue weighted by Gasteiger charge is -2.23. The average Bonchev–Trinajstić information content (AvgIpc) is 3.25. The van der Waals surface area contributed by atoms with Crippen LogP contribution in [0, 0.1) is 12.7 Å². The van der Waals surface area contributed by atoms with E-state index in [1.807, 2.05) is 42.6 Å². The summed E-state index contributed by atoms with van der Waals surface area (Å²) in [4.78, 5) is 27.0. The molecule has 0 aliphatic heterocycles. The predicted octanol–water partition coefficient (Wildman–Crippen LogP) is 5.05. The Morgan fingerprint density at radius 3 is 2.41 bits per heavy atom. The van der Waals surface area contributed by atoms with E-state index >= 15 is 0 Å². The number of rotatable bonds is 7. The second kappa shape index (κ2) is 9.84. The summed E-state index contributed by atoms with van der Waals surface area (Å²) < 4.78 is 13.3. The summed E-state index contributed by atoms with van der Waals surface area (Å²) in [5, 5.41) is 7.56. The first-order valence-corrected chi connectivity index (χ1v) is 10.1. The summed E-state index contributed by atoms with van der Waals surface area (Å²) in [6, 6.07) is 16.5. The van der Waals surface area contributed by atoms with Gasteiger partial charge in [0.05, 0.1) is 4.88 Å². The van der Waals surface area contributed by atoms with E-state index in [2.05, 4.69) is 10.6 Å². The van der Waals surface area contributed by atoms with Crippen molar-refractivity contribution in [2.45, 2.75) is 13.3 Å². The first-order valence-electron chi connectivity index (χ1n) is 9.25. The molecule has 0 aliphatic rings. The third-order valence-corrected chi connectivity index (χ3v) is 5.14. The zero-order chi connectivity index (χ0) is 20.6. The monoisotopic (exact) mass is 411 g/mol. The number of amides is 3. The molecule has 0 aliphatic carbocycles. The summed E-state index contributed by atoms with van der Waals surface area (Å²) >= 11 is 1.38. The van der Waals surface area contributed by atoms with Crippen molar-refractivity contribution in [3.05, 3.63) is 82.3 Å². The van der Waals surface area contributed by atoms with Gasteiger partial charge < -0.3 is 10.6 Å². The van der Waals surface area contributed by atoms with Crippen LogP contribution in [0.3, 0.4) is 0 Å². The van der Waals surface area contributed by atoms with Crippen LogP contribution in [0.25, 0.3) is 0 Å². The summed E-state index contributed by atoms with van der Waals surface area (Å²) in [5.74, 6) is -0.492. The Labute approximate surface area is 173 Å². The van der Waals surface area contributed by atoms with Crippen LogP contribution in [-0.2, 0) is 0 Å². The largest absolute Gasteiger partial charge is 0.351 e. The van der Waals surface area contributed by atoms with E-state index in [1.165, 1.54) is 28.4 Å². The first-order chi connectivity index (χ1) is 14.0. The molecule has 0 bridgehead atoms. The van der Waals surface area contributed by atoms with Gasteiger partial charge in [0.25, 0.3) is 5.91 Å². The number of benzene rings is 2. The molecule has 7 heteroatoms. The third kappa shape index (κ3) is 5.89. The molecule has 1 aromatic heterocycles. The van der Waals surface area contributed by atoms with Crippen molar-refractivity contribution >= 4 is 34.6 Å². The Bertz CT molecular complexity index is 941. The van der Waals surface area contributed by atoms with Crippen LogP contribution < -0.4 is 15.5 Å². The Balaban J connectivity index is 1.62. The number of nitrogens with one attached hydrogen (secondary N) is 2. The molecule has 3 aromatic rings. The van der Waals surface area contributed by atoms with Gasteiger partial charge in [-0.05, 0) is 61.2 Å². The fourth-order valence-electron chi connectivity index (χ4n) is 2.73. The molecule has 0 unspecified atom stereocenters. The molecular weight excluding hydrogens is 389 g/mol. The maximum atomic E-state index is 13.3. The van der Waals surface area contributed by atoms with Crippen molar-refractivity contribution in [1.29, 1.82) is 0 Å². The van der Waals surface area contributed by atoms with Crippen LogP contribution >= 0.6 is 11.3 Å². The van der Waals surface area contributed by atoms with Crippen molar-refractivity contribution in [3.8, 4) is 0 Å². The summed E-state index contributed by atoms with van der Waals surface area (Å²) in [6.45, 7) is 2.77. The minimum Gasteiger partial charge on any atom is -0.351 e. The molecule has 5 nitrogen and oxygen atoms in total. The van der Waals surface area contributed by atoms with E-state index in [1.54, 1.807) is 18.2 Å². The number of hydrogen-bond acceptors (Lipinski definition) is 3. The highest BCUT2D eigenvalue weighted by Crippen LogP contribution is 2.18. The van der Waals surface area contributed by atoms with E-state index in [9.17, 15) is 14.0 Å². The quantitative estimate of drug-likeness (QED) is 0.534. The number of nitrogens with zero attached hydrogens (tertiary/aromatic N) is 1. The van der Waals surface area contributed by atoms with Crippen LogP contribution in [0.15, 0.2) is 66.0 Å². The smallest absolute Gasteiger partial charge is 0.326 e. The van der Waals surface area contributed by atoms with Crippen LogP contribution in [0.2, 0.25) is 0 Å². The summed E-state index contributed by atoms with van der Waals surface area (Å²) in [6.07, 6.45) is 0.551. The van der Waals surface area contributed by atoms with Gasteiger partial charge in [0.15, 0.2) is 0 Å². The maximum Gasteiger partial charge on any atom is 0.326 e. The molecule has 0 saturated carbocycles. The van der Waals surface area contributed by atoms with Crippen molar-refractivity contribution in [2.24, 2.45) is 0 Å². The number of hydrogen-bond donors (Lipinski definition) is 2. The molecule has 3 rings (SSSR count). The highest BCUT2D eigenvalue weighted by Gasteiger charge is 2.16. The Morgan fingerprint density at radius 2 is 1.76 bits per heavy atom. The summed E-state index contributed by atoms with van der Waals surface area (Å²) in [5.41, 5.74) is 2.36. The van der Waals surface area contributed by atoms with Crippen LogP contribution in [0.4, 0.5) is 20.6 Å². The van der Waals surface area contributed by atoms with Gasteiger partial charge >= 0.3 is 6.03 Å². The predicted molar refractivity (Wildman–Crippen MR) is 115 cm³/mol. The van der Waals surface area contributed by atoms with Crippen molar-refractivity contribution in [1.82, 2.24) is 5.32 Å². The van der Waals surface area contributed by atoms with Crippen LogP contribution in [-0.4, -0.2) is 25.0 Å². The molecule has 3 amide bonds. The molecule has 0 atom stereocenters. The molecule has 150 valence electrons. The number of halogens is 1. The van der Waals surface area contributed by atoms with E-state index < -0.39 is 0 Å². The fourth-order valence-corrected chi connectivity index (χ4v) is 3.37. The molecule has 1 heterocycles. The second-order valence-electron chi connectivity index (χ2n) is 6.51. The zero-order valence-electron chi connectivity index (χ0n) is 16.0. The lowest BCUT2D eigenvalue weighted by molar-refractivity contribution is 0.0957. The molecule has 29 heavy (non-hydrogen) atoms. The number of anilines is 2.